The number of thioether (sulfide) groups is 5. The second kappa shape index (κ2) is 52.0. The van der Waals surface area contributed by atoms with E-state index in [1.165, 1.54) is 29.7 Å². The van der Waals surface area contributed by atoms with Crippen molar-refractivity contribution in [2.24, 2.45) is 35.3 Å². The van der Waals surface area contributed by atoms with Crippen molar-refractivity contribution in [3.63, 3.8) is 0 Å². The number of aromatic amines is 1. The molecular weight excluding hydrogens is 1780 g/mol. The Morgan fingerprint density at radius 2 is 0.748 bits per heavy atom. The van der Waals surface area contributed by atoms with Crippen LogP contribution >= 0.6 is 121 Å². The molecule has 0 spiro atoms. The van der Waals surface area contributed by atoms with Gasteiger partial charge in [-0.15, -0.1) is 105 Å². The Morgan fingerprint density at radius 1 is 0.423 bits per heavy atom. The van der Waals surface area contributed by atoms with E-state index >= 15 is 0 Å². The molecule has 3 N–H and O–H groups in total. The van der Waals surface area contributed by atoms with Gasteiger partial charge in [0.1, 0.15) is 40.3 Å². The molecule has 0 aliphatic heterocycles. The van der Waals surface area contributed by atoms with E-state index in [9.17, 15) is 9.59 Å². The van der Waals surface area contributed by atoms with Gasteiger partial charge in [-0.05, 0) is 240 Å². The van der Waals surface area contributed by atoms with E-state index in [0.29, 0.717) is 36.0 Å². The summed E-state index contributed by atoms with van der Waals surface area (Å²) in [5, 5.41) is 14.7. The third-order valence-electron chi connectivity index (χ3n) is 19.7. The number of nitrogens with zero attached hydrogens (tertiary/aromatic N) is 16. The Hall–Kier alpha value is -7.43. The highest BCUT2D eigenvalue weighted by molar-refractivity contribution is 9.10. The van der Waals surface area contributed by atoms with Crippen molar-refractivity contribution < 1.29 is 19.1 Å². The maximum absolute atomic E-state index is 12.3. The zero-order chi connectivity index (χ0) is 87.6. The Morgan fingerprint density at radius 3 is 1.08 bits per heavy atom. The van der Waals surface area contributed by atoms with Crippen molar-refractivity contribution in [2.75, 3.05) is 37.8 Å². The molecule has 0 saturated heterocycles. The first kappa shape index (κ1) is 101. The lowest BCUT2D eigenvalue weighted by Gasteiger charge is -2.20. The van der Waals surface area contributed by atoms with Gasteiger partial charge < -0.3 is 15.2 Å². The number of carbonyl (C=O) groups is 2. The number of carbonyl (C=O) groups excluding carboxylic acids is 2. The van der Waals surface area contributed by atoms with Crippen LogP contribution in [0.2, 0.25) is 0 Å². The van der Waals surface area contributed by atoms with Gasteiger partial charge in [-0.1, -0.05) is 62.7 Å². The van der Waals surface area contributed by atoms with Crippen LogP contribution in [0.25, 0.3) is 52.9 Å². The van der Waals surface area contributed by atoms with E-state index in [1.54, 1.807) is 105 Å². The van der Waals surface area contributed by atoms with Crippen LogP contribution in [0.5, 0.6) is 0 Å². The minimum Gasteiger partial charge on any atom is -0.460 e. The summed E-state index contributed by atoms with van der Waals surface area (Å²) in [5.74, 6) is 7.33. The summed E-state index contributed by atoms with van der Waals surface area (Å²) in [6.07, 6.45) is 53.4. The van der Waals surface area contributed by atoms with Gasteiger partial charge in [-0.2, -0.15) is 14.9 Å². The number of benzene rings is 3. The van der Waals surface area contributed by atoms with Gasteiger partial charge >= 0.3 is 12.1 Å². The van der Waals surface area contributed by atoms with Crippen LogP contribution in [0.3, 0.4) is 0 Å². The summed E-state index contributed by atoms with van der Waals surface area (Å²) in [5.41, 5.74) is 11.9. The van der Waals surface area contributed by atoms with Gasteiger partial charge in [0.25, 0.3) is 0 Å². The monoisotopic (exact) mass is 1900 g/mol. The lowest BCUT2D eigenvalue weighted by atomic mass is 9.99. The molecule has 123 heavy (non-hydrogen) atoms. The summed E-state index contributed by atoms with van der Waals surface area (Å²) < 4.78 is 16.7. The maximum Gasteiger partial charge on any atom is 0.435 e. The topological polar surface area (TPSA) is 293 Å². The Balaban J connectivity index is 0.000000196. The molecule has 13 aromatic rings. The number of aryl methyl sites for hydroxylation is 8. The quantitative estimate of drug-likeness (QED) is 0.0275. The lowest BCUT2D eigenvalue weighted by molar-refractivity contribution is -0.155. The standard InChI is InChI=1S/C26H31N5O2S2.C21H23N5S2.C18H20BrN3S2.C16H26N2O2S.C10H17N3S.ClH/c1-17(6-10-23-27-14-20(34-5)15-28-23)7-11-24-30-21-9-8-18(12-22(21)35-24)19-13-29-31(16-19)25(32)33-26(2,3)4;1-14(3-7-20-22-12-17(27-2)13-23-20)4-8-21-26-18-6-5-15(9-19(18)28-21)16-10-24-25-11-16;1-12(3-7-17-20-10-14(23-2)11-21-17)4-8-18-22-15-6-5-13(19)9-16(15)24-18;1-12(7-9-15(19)20-16(2,3)4)6-8-14-17-10-13(21-5)11-18-14;1-8(5-11)3-4-10-12-6-9(14-2)7-13-10;/h8-9,12-17H,6-7,10-11H2,1-5H3;5-6,9-14H,3-4,7-8H2,1-2H3,(H,24,25);5-6,9-12H,3-4,7-8H2,1-2H3;10-12H,6-9H2,1-5H3;6-8H,3-5,11H2,1-2H3;1H. The van der Waals surface area contributed by atoms with Crippen molar-refractivity contribution in [1.29, 1.82) is 0 Å². The molecule has 13 rings (SSSR count). The molecule has 0 amide bonds. The number of esters is 1. The highest BCUT2D eigenvalue weighted by Gasteiger charge is 2.22. The van der Waals surface area contributed by atoms with Crippen molar-refractivity contribution >= 4 is 164 Å². The first-order valence-corrected chi connectivity index (χ1v) is 50.8. The molecule has 5 unspecified atom stereocenters. The number of hydrogen-bond donors (Lipinski definition) is 2. The van der Waals surface area contributed by atoms with Crippen molar-refractivity contribution in [2.45, 2.75) is 227 Å². The van der Waals surface area contributed by atoms with Gasteiger partial charge in [0.15, 0.2) is 0 Å². The van der Waals surface area contributed by atoms with Crippen LogP contribution in [-0.4, -0.2) is 146 Å². The molecule has 10 heterocycles. The number of nitrogens with one attached hydrogen (secondary N) is 1. The molecule has 0 bridgehead atoms. The normalized spacial score (nSPS) is 12.6. The van der Waals surface area contributed by atoms with Crippen molar-refractivity contribution in [3.05, 3.63) is 190 Å². The van der Waals surface area contributed by atoms with E-state index in [4.69, 9.17) is 30.2 Å². The van der Waals surface area contributed by atoms with Gasteiger partial charge in [-0.3, -0.25) is 9.89 Å². The Bertz CT molecular complexity index is 5270. The van der Waals surface area contributed by atoms with Crippen molar-refractivity contribution in [3.8, 4) is 22.3 Å². The number of rotatable bonds is 35. The molecule has 0 aliphatic carbocycles. The predicted molar refractivity (Wildman–Crippen MR) is 520 cm³/mol. The zero-order valence-corrected chi connectivity index (χ0v) is 82.5. The van der Waals surface area contributed by atoms with Crippen LogP contribution in [0.15, 0.2) is 170 Å². The second-order valence-corrected chi connectivity index (χ2v) is 41.0. The first-order valence-electron chi connectivity index (χ1n) is 41.4. The Kier molecular flexibility index (Phi) is 42.7. The third-order valence-corrected chi connectivity index (χ3v) is 26.8. The number of thiazole rings is 3. The number of fused-ring (bicyclic) bond motifs is 3. The second-order valence-electron chi connectivity index (χ2n) is 32.3. The molecule has 0 fully saturated rings. The number of ether oxygens (including phenoxy) is 2. The smallest absolute Gasteiger partial charge is 0.435 e. The van der Waals surface area contributed by atoms with Crippen LogP contribution < -0.4 is 5.73 Å². The van der Waals surface area contributed by atoms with Gasteiger partial charge in [0.05, 0.1) is 58.1 Å². The average Bonchev–Trinajstić information content (AvgIpc) is 1.73. The first-order chi connectivity index (χ1) is 58.6. The summed E-state index contributed by atoms with van der Waals surface area (Å²) >= 11 is 17.2. The summed E-state index contributed by atoms with van der Waals surface area (Å²) in [6.45, 7) is 23.1. The molecule has 0 aliphatic rings. The highest BCUT2D eigenvalue weighted by Crippen LogP contribution is 2.34. The Labute approximate surface area is 773 Å². The molecular formula is C91H118BrClN18O4S8. The van der Waals surface area contributed by atoms with E-state index < -0.39 is 17.3 Å². The zero-order valence-electron chi connectivity index (χ0n) is 73.5. The summed E-state index contributed by atoms with van der Waals surface area (Å²) in [7, 11) is 0. The molecule has 0 saturated carbocycles. The molecule has 32 heteroatoms. The summed E-state index contributed by atoms with van der Waals surface area (Å²) in [6, 6.07) is 18.9. The molecule has 22 nitrogen and oxygen atoms in total. The number of H-pyrrole nitrogens is 1. The van der Waals surface area contributed by atoms with Crippen LogP contribution in [-0.2, 0) is 65.6 Å². The van der Waals surface area contributed by atoms with Gasteiger partial charge in [0.2, 0.25) is 0 Å². The van der Waals surface area contributed by atoms with E-state index in [-0.39, 0.29) is 18.4 Å². The largest absolute Gasteiger partial charge is 0.460 e. The highest BCUT2D eigenvalue weighted by atomic mass is 79.9. The third kappa shape index (κ3) is 36.1. The molecule has 658 valence electrons. The molecule has 3 aromatic carbocycles. The van der Waals surface area contributed by atoms with Gasteiger partial charge in [0, 0.05) is 153 Å². The maximum atomic E-state index is 12.3. The van der Waals surface area contributed by atoms with E-state index in [0.717, 1.165) is 217 Å². The predicted octanol–water partition coefficient (Wildman–Crippen LogP) is 23.9. The fourth-order valence-corrected chi connectivity index (χ4v) is 17.3. The number of hydrogen-bond acceptors (Lipinski definition) is 28. The minimum absolute atomic E-state index is 0. The fourth-order valence-electron chi connectivity index (χ4n) is 12.2. The number of halogens is 2. The summed E-state index contributed by atoms with van der Waals surface area (Å²) in [4.78, 5) is 87.7. The minimum atomic E-state index is -0.564. The van der Waals surface area contributed by atoms with Crippen LogP contribution in [0.4, 0.5) is 4.79 Å². The van der Waals surface area contributed by atoms with E-state index in [1.807, 2.05) is 159 Å². The molecule has 5 atom stereocenters. The number of nitrogens with two attached hydrogens (primary N) is 1. The SMILES string of the molecule is CSc1cnc(CCC(C)CCC(=O)OC(C)(C)C)nc1.CSc1cnc(CCC(C)CCc2nc3ccc(-c4cn[nH]c4)cc3s2)nc1.CSc1cnc(CCC(C)CCc2nc3ccc(-c4cnn(C(=O)OC(C)(C)C)c4)cc3s2)nc1.CSc1cnc(CCC(C)CCc2nc3ccc(Br)cc3s2)nc1.CSc1cnc(CCC(C)CN)nc1.Cl. The average molecular weight is 1900 g/mol. The van der Waals surface area contributed by atoms with Crippen LogP contribution in [0.1, 0.15) is 185 Å². The van der Waals surface area contributed by atoms with Gasteiger partial charge in [-0.25, -0.2) is 69.6 Å². The molecule has 0 radical (unpaired) electrons. The molecule has 10 aromatic heterocycles. The van der Waals surface area contributed by atoms with E-state index in [2.05, 4.69) is 158 Å². The fraction of sp³-hybridized carbons (Fsp3) is 0.462. The lowest BCUT2D eigenvalue weighted by Crippen LogP contribution is -2.27. The van der Waals surface area contributed by atoms with Crippen molar-refractivity contribution in [1.82, 2.24) is 84.8 Å². The van der Waals surface area contributed by atoms with Crippen LogP contribution in [0, 0.1) is 29.6 Å². The number of aromatic nitrogens is 17.